The van der Waals surface area contributed by atoms with Crippen LogP contribution in [0.5, 0.6) is 0 Å². The van der Waals surface area contributed by atoms with E-state index in [1.54, 1.807) is 0 Å². The number of rotatable bonds is 8. The Bertz CT molecular complexity index is 501. The molecule has 0 atom stereocenters. The van der Waals surface area contributed by atoms with Crippen molar-refractivity contribution in [3.05, 3.63) is 35.9 Å². The van der Waals surface area contributed by atoms with Crippen molar-refractivity contribution in [2.75, 3.05) is 20.8 Å². The number of benzene rings is 1. The van der Waals surface area contributed by atoms with Crippen LogP contribution in [0.15, 0.2) is 30.3 Å². The molecule has 1 aromatic rings. The van der Waals surface area contributed by atoms with Gasteiger partial charge in [0.05, 0.1) is 14.2 Å². The van der Waals surface area contributed by atoms with E-state index >= 15 is 0 Å². The molecule has 1 amide bonds. The summed E-state index contributed by atoms with van der Waals surface area (Å²) in [7, 11) is 2.41. The topological polar surface area (TPSA) is 90.9 Å². The average Bonchev–Trinajstić information content (AvgIpc) is 2.59. The highest BCUT2D eigenvalue weighted by atomic mass is 16.6. The van der Waals surface area contributed by atoms with Crippen LogP contribution < -0.4 is 5.32 Å². The van der Waals surface area contributed by atoms with Crippen LogP contribution in [0.3, 0.4) is 0 Å². The molecule has 0 saturated heterocycles. The van der Waals surface area contributed by atoms with Gasteiger partial charge in [-0.25, -0.2) is 4.79 Å². The Morgan fingerprint density at radius 3 is 2.22 bits per heavy atom. The van der Waals surface area contributed by atoms with Crippen molar-refractivity contribution in [2.24, 2.45) is 5.92 Å². The first kappa shape index (κ1) is 18.5. The lowest BCUT2D eigenvalue weighted by molar-refractivity contribution is -0.159. The van der Waals surface area contributed by atoms with Gasteiger partial charge in [0.15, 0.2) is 5.92 Å². The van der Waals surface area contributed by atoms with E-state index in [2.05, 4.69) is 14.8 Å². The number of carbonyl (C=O) groups excluding carboxylic acids is 3. The van der Waals surface area contributed by atoms with E-state index in [4.69, 9.17) is 4.74 Å². The fourth-order valence-corrected chi connectivity index (χ4v) is 1.89. The molecule has 7 heteroatoms. The molecule has 1 aromatic carbocycles. The Labute approximate surface area is 134 Å². The normalized spacial score (nSPS) is 10.0. The number of amides is 1. The fourth-order valence-electron chi connectivity index (χ4n) is 1.89. The Morgan fingerprint density at radius 1 is 1.04 bits per heavy atom. The third kappa shape index (κ3) is 6.82. The Kier molecular flexibility index (Phi) is 8.20. The molecule has 0 aliphatic rings. The van der Waals surface area contributed by atoms with Crippen LogP contribution in [0.4, 0.5) is 4.79 Å². The third-order valence-corrected chi connectivity index (χ3v) is 3.12. The molecule has 0 aromatic heterocycles. The van der Waals surface area contributed by atoms with Crippen LogP contribution in [-0.2, 0) is 30.4 Å². The lowest BCUT2D eigenvalue weighted by Crippen LogP contribution is -2.29. The van der Waals surface area contributed by atoms with Crippen molar-refractivity contribution in [3.8, 4) is 0 Å². The molecule has 1 rings (SSSR count). The van der Waals surface area contributed by atoms with Crippen LogP contribution >= 0.6 is 0 Å². The second kappa shape index (κ2) is 10.2. The first-order valence-corrected chi connectivity index (χ1v) is 7.18. The van der Waals surface area contributed by atoms with Gasteiger partial charge in [-0.15, -0.1) is 0 Å². The second-order valence-corrected chi connectivity index (χ2v) is 4.73. The molecule has 0 saturated carbocycles. The van der Waals surface area contributed by atoms with Crippen LogP contribution in [0.25, 0.3) is 0 Å². The highest BCUT2D eigenvalue weighted by molar-refractivity contribution is 5.94. The van der Waals surface area contributed by atoms with Gasteiger partial charge in [0.25, 0.3) is 0 Å². The summed E-state index contributed by atoms with van der Waals surface area (Å²) in [6.07, 6.45) is 0.0784. The SMILES string of the molecule is COC(=O)C(CCCNC(=O)OCc1ccccc1)C(=O)OC. The van der Waals surface area contributed by atoms with Gasteiger partial charge in [0.2, 0.25) is 0 Å². The number of nitrogens with one attached hydrogen (secondary N) is 1. The summed E-state index contributed by atoms with van der Waals surface area (Å²) in [5.41, 5.74) is 0.888. The number of alkyl carbamates (subject to hydrolysis) is 1. The Balaban J connectivity index is 2.25. The predicted octanol–water partition coefficient (Wildman–Crippen LogP) is 1.66. The zero-order valence-electron chi connectivity index (χ0n) is 13.2. The molecule has 0 unspecified atom stereocenters. The van der Waals surface area contributed by atoms with Gasteiger partial charge in [-0.2, -0.15) is 0 Å². The van der Waals surface area contributed by atoms with Gasteiger partial charge in [-0.1, -0.05) is 30.3 Å². The third-order valence-electron chi connectivity index (χ3n) is 3.12. The molecule has 1 N–H and O–H groups in total. The summed E-state index contributed by atoms with van der Waals surface area (Å²) in [6.45, 7) is 0.456. The quantitative estimate of drug-likeness (QED) is 0.338. The van der Waals surface area contributed by atoms with E-state index in [1.807, 2.05) is 30.3 Å². The van der Waals surface area contributed by atoms with Crippen molar-refractivity contribution in [3.63, 3.8) is 0 Å². The lowest BCUT2D eigenvalue weighted by atomic mass is 10.0. The minimum absolute atomic E-state index is 0.180. The number of hydrogen-bond donors (Lipinski definition) is 1. The van der Waals surface area contributed by atoms with Crippen LogP contribution in [-0.4, -0.2) is 38.8 Å². The number of hydrogen-bond acceptors (Lipinski definition) is 6. The monoisotopic (exact) mass is 323 g/mol. The summed E-state index contributed by atoms with van der Waals surface area (Å²) >= 11 is 0. The van der Waals surface area contributed by atoms with Gasteiger partial charge in [-0.3, -0.25) is 9.59 Å². The van der Waals surface area contributed by atoms with Gasteiger partial charge in [0.1, 0.15) is 6.61 Å². The Hall–Kier alpha value is -2.57. The van der Waals surface area contributed by atoms with Crippen molar-refractivity contribution in [2.45, 2.75) is 19.4 Å². The highest BCUT2D eigenvalue weighted by Crippen LogP contribution is 2.10. The first-order chi connectivity index (χ1) is 11.1. The number of esters is 2. The molecular weight excluding hydrogens is 302 g/mol. The van der Waals surface area contributed by atoms with Crippen LogP contribution in [0.2, 0.25) is 0 Å². The molecule has 0 aliphatic carbocycles. The van der Waals surface area contributed by atoms with Crippen LogP contribution in [0.1, 0.15) is 18.4 Å². The predicted molar refractivity (Wildman–Crippen MR) is 81.4 cm³/mol. The first-order valence-electron chi connectivity index (χ1n) is 7.18. The minimum atomic E-state index is -0.980. The number of carbonyl (C=O) groups is 3. The van der Waals surface area contributed by atoms with Crippen molar-refractivity contribution >= 4 is 18.0 Å². The zero-order valence-corrected chi connectivity index (χ0v) is 13.2. The maximum absolute atomic E-state index is 11.5. The van der Waals surface area contributed by atoms with E-state index in [0.29, 0.717) is 6.42 Å². The summed E-state index contributed by atoms with van der Waals surface area (Å²) in [4.78, 5) is 34.5. The van der Waals surface area contributed by atoms with Crippen molar-refractivity contribution < 1.29 is 28.6 Å². The van der Waals surface area contributed by atoms with Gasteiger partial charge < -0.3 is 19.5 Å². The molecule has 7 nitrogen and oxygen atoms in total. The molecule has 0 fully saturated rings. The zero-order chi connectivity index (χ0) is 17.1. The smallest absolute Gasteiger partial charge is 0.407 e. The summed E-state index contributed by atoms with van der Waals surface area (Å²) in [5.74, 6) is -2.28. The molecule has 126 valence electrons. The molecule has 0 radical (unpaired) electrons. The van der Waals surface area contributed by atoms with E-state index in [0.717, 1.165) is 5.56 Å². The molecule has 0 aliphatic heterocycles. The molecule has 0 bridgehead atoms. The van der Waals surface area contributed by atoms with E-state index in [-0.39, 0.29) is 19.6 Å². The van der Waals surface area contributed by atoms with Crippen molar-refractivity contribution in [1.82, 2.24) is 5.32 Å². The number of ether oxygens (including phenoxy) is 3. The van der Waals surface area contributed by atoms with Gasteiger partial charge >= 0.3 is 18.0 Å². The second-order valence-electron chi connectivity index (χ2n) is 4.73. The largest absolute Gasteiger partial charge is 0.468 e. The molecule has 0 heterocycles. The van der Waals surface area contributed by atoms with E-state index in [9.17, 15) is 14.4 Å². The Morgan fingerprint density at radius 2 is 1.65 bits per heavy atom. The highest BCUT2D eigenvalue weighted by Gasteiger charge is 2.27. The summed E-state index contributed by atoms with van der Waals surface area (Å²) in [6, 6.07) is 9.30. The van der Waals surface area contributed by atoms with Gasteiger partial charge in [0, 0.05) is 6.54 Å². The lowest BCUT2D eigenvalue weighted by Gasteiger charge is -2.12. The molecule has 0 spiro atoms. The standard InChI is InChI=1S/C16H21NO6/c1-21-14(18)13(15(19)22-2)9-6-10-17-16(20)23-11-12-7-4-3-5-8-12/h3-5,7-8,13H,6,9-11H2,1-2H3,(H,17,20). The average molecular weight is 323 g/mol. The number of methoxy groups -OCH3 is 2. The minimum Gasteiger partial charge on any atom is -0.468 e. The van der Waals surface area contributed by atoms with E-state index in [1.165, 1.54) is 14.2 Å². The fraction of sp³-hybridized carbons (Fsp3) is 0.438. The van der Waals surface area contributed by atoms with Gasteiger partial charge in [-0.05, 0) is 18.4 Å². The molecule has 23 heavy (non-hydrogen) atoms. The van der Waals surface area contributed by atoms with Crippen LogP contribution in [0, 0.1) is 5.92 Å². The van der Waals surface area contributed by atoms with Crippen molar-refractivity contribution in [1.29, 1.82) is 0 Å². The maximum Gasteiger partial charge on any atom is 0.407 e. The maximum atomic E-state index is 11.5. The molecular formula is C16H21NO6. The summed E-state index contributed by atoms with van der Waals surface area (Å²) < 4.78 is 14.1. The summed E-state index contributed by atoms with van der Waals surface area (Å²) in [5, 5.41) is 2.56. The van der Waals surface area contributed by atoms with E-state index < -0.39 is 23.9 Å².